The van der Waals surface area contributed by atoms with Crippen molar-refractivity contribution in [2.24, 2.45) is 0 Å². The number of carbonyl (C=O) groups excluding carboxylic acids is 1. The van der Waals surface area contributed by atoms with E-state index in [0.717, 1.165) is 6.20 Å². The molecule has 15 heteroatoms. The highest BCUT2D eigenvalue weighted by Gasteiger charge is 2.39. The molecule has 0 aliphatic heterocycles. The third kappa shape index (κ3) is 5.30. The van der Waals surface area contributed by atoms with E-state index in [2.05, 4.69) is 36.2 Å². The molecule has 0 radical (unpaired) electrons. The van der Waals surface area contributed by atoms with Crippen LogP contribution in [0, 0.1) is 5.82 Å². The van der Waals surface area contributed by atoms with Gasteiger partial charge in [0.1, 0.15) is 40.1 Å². The van der Waals surface area contributed by atoms with Crippen molar-refractivity contribution >= 4 is 33.5 Å². The molecule has 1 aromatic carbocycles. The van der Waals surface area contributed by atoms with Gasteiger partial charge in [0.25, 0.3) is 0 Å². The summed E-state index contributed by atoms with van der Waals surface area (Å²) >= 11 is 2.41. The van der Waals surface area contributed by atoms with Crippen molar-refractivity contribution in [3.8, 4) is 22.9 Å². The van der Waals surface area contributed by atoms with Gasteiger partial charge in [-0.1, -0.05) is 39.3 Å². The van der Waals surface area contributed by atoms with Gasteiger partial charge in [0.05, 0.1) is 18.4 Å². The number of carboxylic acid groups (broad SMARTS) is 1. The number of hydrogen-bond acceptors (Lipinski definition) is 8. The van der Waals surface area contributed by atoms with E-state index >= 15 is 0 Å². The van der Waals surface area contributed by atoms with E-state index in [4.69, 9.17) is 10.3 Å². The molecule has 3 heterocycles. The lowest BCUT2D eigenvalue weighted by Gasteiger charge is -2.28. The number of aromatic nitrogens is 5. The molecule has 4 aromatic rings. The van der Waals surface area contributed by atoms with Gasteiger partial charge in [0.15, 0.2) is 11.6 Å². The zero-order chi connectivity index (χ0) is 26.0. The molecule has 3 aromatic heterocycles. The Balaban J connectivity index is 1.70. The summed E-state index contributed by atoms with van der Waals surface area (Å²) in [5.41, 5.74) is 6.79. The molecule has 0 aliphatic rings. The van der Waals surface area contributed by atoms with Gasteiger partial charge in [0.2, 0.25) is 0 Å². The Hall–Kier alpha value is -4.01. The van der Waals surface area contributed by atoms with Crippen LogP contribution in [0.3, 0.4) is 0 Å². The zero-order valence-electron chi connectivity index (χ0n) is 18.0. The summed E-state index contributed by atoms with van der Waals surface area (Å²) < 4.78 is 59.3. The van der Waals surface area contributed by atoms with Gasteiger partial charge in [-0.15, -0.1) is 0 Å². The van der Waals surface area contributed by atoms with Gasteiger partial charge in [-0.2, -0.15) is 18.3 Å². The Labute approximate surface area is 208 Å². The number of amides is 1. The molecule has 0 bridgehead atoms. The smallest absolute Gasteiger partial charge is 0.402 e. The maximum Gasteiger partial charge on any atom is 0.402 e. The fourth-order valence-corrected chi connectivity index (χ4v) is 3.53. The molecule has 2 N–H and O–H groups in total. The molecule has 1 unspecified atom stereocenters. The number of rotatable bonds is 7. The SMILES string of the molecule is Nc1nc(-c2cc(-c3ccon3)n(Cc3ccccc3F)n2)ncc1N(CC(Br)C(F)(F)F)C(=O)[O-]. The van der Waals surface area contributed by atoms with Crippen molar-refractivity contribution in [3.05, 3.63) is 60.2 Å². The normalized spacial score (nSPS) is 12.5. The van der Waals surface area contributed by atoms with Gasteiger partial charge in [0, 0.05) is 18.2 Å². The molecule has 1 atom stereocenters. The number of carbonyl (C=O) groups is 1. The summed E-state index contributed by atoms with van der Waals surface area (Å²) in [6, 6.07) is 9.19. The Morgan fingerprint density at radius 1 is 1.25 bits per heavy atom. The minimum atomic E-state index is -4.72. The number of anilines is 2. The van der Waals surface area contributed by atoms with E-state index in [1.807, 2.05) is 0 Å². The molecule has 0 aliphatic carbocycles. The number of nitrogens with zero attached hydrogens (tertiary/aromatic N) is 6. The maximum atomic E-state index is 14.2. The number of halogens is 5. The van der Waals surface area contributed by atoms with E-state index in [9.17, 15) is 27.5 Å². The molecule has 36 heavy (non-hydrogen) atoms. The minimum absolute atomic E-state index is 0.0188. The monoisotopic (exact) mass is 568 g/mol. The van der Waals surface area contributed by atoms with Crippen LogP contribution in [0.1, 0.15) is 5.56 Å². The topological polar surface area (TPSA) is 139 Å². The molecule has 0 fully saturated rings. The van der Waals surface area contributed by atoms with E-state index in [0.29, 0.717) is 17.0 Å². The second-order valence-corrected chi connectivity index (χ2v) is 8.50. The van der Waals surface area contributed by atoms with Crippen LogP contribution < -0.4 is 15.7 Å². The van der Waals surface area contributed by atoms with Crippen molar-refractivity contribution in [1.82, 2.24) is 24.9 Å². The number of benzene rings is 1. The van der Waals surface area contributed by atoms with Crippen molar-refractivity contribution < 1.29 is 32.0 Å². The van der Waals surface area contributed by atoms with Crippen molar-refractivity contribution in [2.75, 3.05) is 17.2 Å². The predicted octanol–water partition coefficient (Wildman–Crippen LogP) is 3.24. The molecule has 10 nitrogen and oxygen atoms in total. The highest BCUT2D eigenvalue weighted by molar-refractivity contribution is 9.09. The summed E-state index contributed by atoms with van der Waals surface area (Å²) in [5, 5.41) is 19.8. The maximum absolute atomic E-state index is 14.2. The first-order valence-corrected chi connectivity index (χ1v) is 11.0. The number of alkyl halides is 4. The number of nitrogen functional groups attached to an aromatic ring is 1. The quantitative estimate of drug-likeness (QED) is 0.265. The second kappa shape index (κ2) is 9.93. The Morgan fingerprint density at radius 2 is 2.00 bits per heavy atom. The number of hydrogen-bond donors (Lipinski definition) is 1. The summed E-state index contributed by atoms with van der Waals surface area (Å²) in [5.74, 6) is -0.924. The number of nitrogens with two attached hydrogens (primary N) is 1. The van der Waals surface area contributed by atoms with Crippen LogP contribution in [0.25, 0.3) is 22.9 Å². The fraction of sp³-hybridized carbons (Fsp3) is 0.190. The highest BCUT2D eigenvalue weighted by Crippen LogP contribution is 2.31. The average molecular weight is 569 g/mol. The third-order valence-electron chi connectivity index (χ3n) is 4.99. The fourth-order valence-electron chi connectivity index (χ4n) is 3.24. The van der Waals surface area contributed by atoms with E-state index in [-0.39, 0.29) is 23.0 Å². The largest absolute Gasteiger partial charge is 0.530 e. The average Bonchev–Trinajstić information content (AvgIpc) is 3.48. The Bertz CT molecular complexity index is 1380. The first-order chi connectivity index (χ1) is 17.0. The van der Waals surface area contributed by atoms with Gasteiger partial charge >= 0.3 is 6.18 Å². The van der Waals surface area contributed by atoms with Gasteiger partial charge in [-0.3, -0.25) is 4.68 Å². The van der Waals surface area contributed by atoms with Gasteiger partial charge in [-0.05, 0) is 12.1 Å². The van der Waals surface area contributed by atoms with Crippen molar-refractivity contribution in [2.45, 2.75) is 17.5 Å². The first kappa shape index (κ1) is 25.1. The molecular formula is C21H15BrF4N7O3-. The molecule has 0 spiro atoms. The highest BCUT2D eigenvalue weighted by atomic mass is 79.9. The summed E-state index contributed by atoms with van der Waals surface area (Å²) in [6.07, 6.45) is -4.35. The molecule has 0 saturated heterocycles. The second-order valence-electron chi connectivity index (χ2n) is 7.40. The third-order valence-corrected chi connectivity index (χ3v) is 5.80. The van der Waals surface area contributed by atoms with Crippen LogP contribution >= 0.6 is 15.9 Å². The van der Waals surface area contributed by atoms with Crippen LogP contribution in [0.2, 0.25) is 0 Å². The van der Waals surface area contributed by atoms with Crippen molar-refractivity contribution in [3.63, 3.8) is 0 Å². The minimum Gasteiger partial charge on any atom is -0.530 e. The molecule has 4 rings (SSSR count). The van der Waals surface area contributed by atoms with Crippen LogP contribution in [0.5, 0.6) is 0 Å². The van der Waals surface area contributed by atoms with Gasteiger partial charge in [-0.25, -0.2) is 14.4 Å². The Morgan fingerprint density at radius 3 is 2.61 bits per heavy atom. The van der Waals surface area contributed by atoms with E-state index < -0.39 is 41.0 Å². The molecular weight excluding hydrogens is 554 g/mol. The van der Waals surface area contributed by atoms with Crippen LogP contribution in [0.15, 0.2) is 53.4 Å². The molecule has 1 amide bonds. The van der Waals surface area contributed by atoms with Crippen molar-refractivity contribution in [1.29, 1.82) is 0 Å². The summed E-state index contributed by atoms with van der Waals surface area (Å²) in [7, 11) is 0. The Kier molecular flexibility index (Phi) is 6.92. The molecule has 188 valence electrons. The zero-order valence-corrected chi connectivity index (χ0v) is 19.6. The lowest BCUT2D eigenvalue weighted by atomic mass is 10.2. The standard InChI is InChI=1S/C21H16BrF4N7O3/c22-17(21(24,25)26)10-32(20(34)35)16-8-28-19(29-18(16)27)14-7-15(13-5-6-36-31-13)33(30-14)9-11-3-1-2-4-12(11)23/h1-8,17H,9-10H2,(H,34,35)(H2,27,28,29)/p-1. The lowest BCUT2D eigenvalue weighted by molar-refractivity contribution is -0.246. The van der Waals surface area contributed by atoms with Crippen LogP contribution in [-0.4, -0.2) is 48.5 Å². The predicted molar refractivity (Wildman–Crippen MR) is 120 cm³/mol. The summed E-state index contributed by atoms with van der Waals surface area (Å²) in [4.78, 5) is 17.7. The van der Waals surface area contributed by atoms with E-state index in [1.165, 1.54) is 23.1 Å². The van der Waals surface area contributed by atoms with E-state index in [1.54, 1.807) is 24.3 Å². The van der Waals surface area contributed by atoms with Crippen LogP contribution in [-0.2, 0) is 6.54 Å². The molecule has 0 saturated carbocycles. The summed E-state index contributed by atoms with van der Waals surface area (Å²) in [6.45, 7) is -1.02. The lowest BCUT2D eigenvalue weighted by Crippen LogP contribution is -2.47. The first-order valence-electron chi connectivity index (χ1n) is 10.1. The van der Waals surface area contributed by atoms with Gasteiger partial charge < -0.3 is 25.1 Å². The van der Waals surface area contributed by atoms with Crippen LogP contribution in [0.4, 0.5) is 33.9 Å².